The second kappa shape index (κ2) is 6.02. The van der Waals surface area contributed by atoms with Gasteiger partial charge in [-0.1, -0.05) is 6.07 Å². The summed E-state index contributed by atoms with van der Waals surface area (Å²) in [5, 5.41) is 0. The van der Waals surface area contributed by atoms with Crippen LogP contribution in [0, 0.1) is 0 Å². The van der Waals surface area contributed by atoms with Gasteiger partial charge in [0.25, 0.3) is 0 Å². The Kier molecular flexibility index (Phi) is 4.55. The van der Waals surface area contributed by atoms with Crippen molar-refractivity contribution in [2.24, 2.45) is 5.73 Å². The molecule has 0 aromatic heterocycles. The van der Waals surface area contributed by atoms with E-state index in [9.17, 15) is 0 Å². The molecule has 0 bridgehead atoms. The van der Waals surface area contributed by atoms with E-state index in [4.69, 9.17) is 15.2 Å². The molecule has 0 spiro atoms. The number of rotatable bonds is 5. The Labute approximate surface area is 121 Å². The van der Waals surface area contributed by atoms with Crippen LogP contribution in [0.25, 0.3) is 0 Å². The largest absolute Gasteiger partial charge is 0.496 e. The molecular weight excluding hydrogens is 252 g/mol. The molecule has 1 aromatic rings. The van der Waals surface area contributed by atoms with Crippen LogP contribution in [0.15, 0.2) is 18.2 Å². The zero-order valence-corrected chi connectivity index (χ0v) is 13.0. The first-order valence-corrected chi connectivity index (χ1v) is 7.24. The number of nitrogens with zero attached hydrogens (tertiary/aromatic N) is 1. The van der Waals surface area contributed by atoms with Crippen LogP contribution in [-0.2, 0) is 0 Å². The lowest BCUT2D eigenvalue weighted by atomic mass is 9.86. The van der Waals surface area contributed by atoms with Crippen LogP contribution < -0.4 is 15.2 Å². The minimum absolute atomic E-state index is 0.127. The Morgan fingerprint density at radius 3 is 2.05 bits per heavy atom. The van der Waals surface area contributed by atoms with E-state index in [0.717, 1.165) is 30.2 Å². The van der Waals surface area contributed by atoms with Gasteiger partial charge in [0, 0.05) is 5.54 Å². The summed E-state index contributed by atoms with van der Waals surface area (Å²) < 4.78 is 11.0. The highest BCUT2D eigenvalue weighted by Crippen LogP contribution is 2.40. The van der Waals surface area contributed by atoms with Crippen LogP contribution in [0.4, 0.5) is 0 Å². The van der Waals surface area contributed by atoms with Crippen molar-refractivity contribution in [2.75, 3.05) is 27.3 Å². The van der Waals surface area contributed by atoms with Gasteiger partial charge in [-0.3, -0.25) is 4.90 Å². The zero-order valence-electron chi connectivity index (χ0n) is 13.0. The molecular formula is C16H26N2O2. The van der Waals surface area contributed by atoms with Gasteiger partial charge in [-0.05, 0) is 51.9 Å². The van der Waals surface area contributed by atoms with E-state index in [2.05, 4.69) is 18.7 Å². The summed E-state index contributed by atoms with van der Waals surface area (Å²) in [6, 6.07) is 5.65. The van der Waals surface area contributed by atoms with E-state index in [1.807, 2.05) is 18.2 Å². The zero-order chi connectivity index (χ0) is 14.8. The van der Waals surface area contributed by atoms with Gasteiger partial charge in [-0.2, -0.15) is 0 Å². The summed E-state index contributed by atoms with van der Waals surface area (Å²) in [5.41, 5.74) is 7.43. The van der Waals surface area contributed by atoms with Gasteiger partial charge in [0.15, 0.2) is 0 Å². The van der Waals surface area contributed by atoms with Crippen LogP contribution in [0.1, 0.15) is 38.3 Å². The summed E-state index contributed by atoms with van der Waals surface area (Å²) >= 11 is 0. The lowest BCUT2D eigenvalue weighted by molar-refractivity contribution is 0.121. The van der Waals surface area contributed by atoms with E-state index in [0.29, 0.717) is 0 Å². The first-order chi connectivity index (χ1) is 9.52. The average Bonchev–Trinajstić information content (AvgIpc) is 3.00. The molecule has 0 aliphatic carbocycles. The molecule has 1 aromatic carbocycles. The van der Waals surface area contributed by atoms with Crippen molar-refractivity contribution in [3.63, 3.8) is 0 Å². The Balaban J connectivity index is 2.38. The van der Waals surface area contributed by atoms with E-state index in [1.165, 1.54) is 12.8 Å². The average molecular weight is 278 g/mol. The Hall–Kier alpha value is -1.26. The van der Waals surface area contributed by atoms with E-state index in [-0.39, 0.29) is 11.6 Å². The molecule has 0 amide bonds. The molecule has 4 nitrogen and oxygen atoms in total. The Bertz CT molecular complexity index is 432. The standard InChI is InChI=1S/C16H26N2O2/c1-16(2,18-10-5-6-11-18)15(17)14-12(19-3)8-7-9-13(14)20-4/h7-9,15H,5-6,10-11,17H2,1-4H3. The molecule has 1 aliphatic rings. The van der Waals surface area contributed by atoms with Crippen molar-refractivity contribution < 1.29 is 9.47 Å². The highest BCUT2D eigenvalue weighted by molar-refractivity contribution is 5.48. The highest BCUT2D eigenvalue weighted by Gasteiger charge is 2.38. The third-order valence-electron chi connectivity index (χ3n) is 4.46. The molecule has 1 heterocycles. The van der Waals surface area contributed by atoms with E-state index in [1.54, 1.807) is 14.2 Å². The number of methoxy groups -OCH3 is 2. The number of hydrogen-bond acceptors (Lipinski definition) is 4. The first-order valence-electron chi connectivity index (χ1n) is 7.24. The Morgan fingerprint density at radius 1 is 1.10 bits per heavy atom. The summed E-state index contributed by atoms with van der Waals surface area (Å²) in [7, 11) is 3.35. The van der Waals surface area contributed by atoms with Crippen LogP contribution in [-0.4, -0.2) is 37.7 Å². The third kappa shape index (κ3) is 2.63. The van der Waals surface area contributed by atoms with Gasteiger partial charge in [-0.25, -0.2) is 0 Å². The third-order valence-corrected chi connectivity index (χ3v) is 4.46. The lowest BCUT2D eigenvalue weighted by Crippen LogP contribution is -2.50. The molecule has 0 saturated carbocycles. The maximum atomic E-state index is 6.60. The van der Waals surface area contributed by atoms with Crippen molar-refractivity contribution in [1.29, 1.82) is 0 Å². The number of nitrogens with two attached hydrogens (primary N) is 1. The smallest absolute Gasteiger partial charge is 0.127 e. The topological polar surface area (TPSA) is 47.7 Å². The van der Waals surface area contributed by atoms with Crippen molar-refractivity contribution in [3.05, 3.63) is 23.8 Å². The van der Waals surface area contributed by atoms with Crippen LogP contribution in [0.2, 0.25) is 0 Å². The number of likely N-dealkylation sites (tertiary alicyclic amines) is 1. The second-order valence-corrected chi connectivity index (χ2v) is 5.90. The minimum Gasteiger partial charge on any atom is -0.496 e. The molecule has 2 N–H and O–H groups in total. The predicted molar refractivity (Wildman–Crippen MR) is 81.4 cm³/mol. The van der Waals surface area contributed by atoms with Gasteiger partial charge in [0.05, 0.1) is 25.8 Å². The fraction of sp³-hybridized carbons (Fsp3) is 0.625. The van der Waals surface area contributed by atoms with Gasteiger partial charge >= 0.3 is 0 Å². The van der Waals surface area contributed by atoms with Gasteiger partial charge in [0.2, 0.25) is 0 Å². The van der Waals surface area contributed by atoms with Crippen LogP contribution in [0.5, 0.6) is 11.5 Å². The molecule has 4 heteroatoms. The second-order valence-electron chi connectivity index (χ2n) is 5.90. The molecule has 1 aliphatic heterocycles. The first kappa shape index (κ1) is 15.1. The molecule has 1 unspecified atom stereocenters. The van der Waals surface area contributed by atoms with Gasteiger partial charge < -0.3 is 15.2 Å². The molecule has 1 saturated heterocycles. The fourth-order valence-electron chi connectivity index (χ4n) is 3.03. The summed E-state index contributed by atoms with van der Waals surface area (Å²) in [6.45, 7) is 6.63. The maximum Gasteiger partial charge on any atom is 0.127 e. The summed E-state index contributed by atoms with van der Waals surface area (Å²) in [5.74, 6) is 1.59. The molecule has 2 rings (SSSR count). The van der Waals surface area contributed by atoms with E-state index >= 15 is 0 Å². The van der Waals surface area contributed by atoms with Crippen molar-refractivity contribution in [1.82, 2.24) is 4.90 Å². The minimum atomic E-state index is -0.160. The molecule has 112 valence electrons. The monoisotopic (exact) mass is 278 g/mol. The normalized spacial score (nSPS) is 18.1. The number of benzene rings is 1. The highest BCUT2D eigenvalue weighted by atomic mass is 16.5. The fourth-order valence-corrected chi connectivity index (χ4v) is 3.03. The SMILES string of the molecule is COc1cccc(OC)c1C(N)C(C)(C)N1CCCC1. The quantitative estimate of drug-likeness (QED) is 0.899. The number of ether oxygens (including phenoxy) is 2. The van der Waals surface area contributed by atoms with Crippen LogP contribution in [0.3, 0.4) is 0 Å². The maximum absolute atomic E-state index is 6.60. The predicted octanol–water partition coefficient (Wildman–Crippen LogP) is 2.58. The Morgan fingerprint density at radius 2 is 1.60 bits per heavy atom. The molecule has 20 heavy (non-hydrogen) atoms. The summed E-state index contributed by atoms with van der Waals surface area (Å²) in [4.78, 5) is 2.46. The van der Waals surface area contributed by atoms with Crippen molar-refractivity contribution >= 4 is 0 Å². The summed E-state index contributed by atoms with van der Waals surface area (Å²) in [6.07, 6.45) is 2.50. The lowest BCUT2D eigenvalue weighted by Gasteiger charge is -2.41. The molecule has 1 atom stereocenters. The number of hydrogen-bond donors (Lipinski definition) is 1. The van der Waals surface area contributed by atoms with E-state index < -0.39 is 0 Å². The van der Waals surface area contributed by atoms with Gasteiger partial charge in [0.1, 0.15) is 11.5 Å². The molecule has 0 radical (unpaired) electrons. The van der Waals surface area contributed by atoms with Crippen molar-refractivity contribution in [3.8, 4) is 11.5 Å². The van der Waals surface area contributed by atoms with Crippen LogP contribution >= 0.6 is 0 Å². The van der Waals surface area contributed by atoms with Gasteiger partial charge in [-0.15, -0.1) is 0 Å². The van der Waals surface area contributed by atoms with Crippen molar-refractivity contribution in [2.45, 2.75) is 38.3 Å². The molecule has 1 fully saturated rings.